The predicted octanol–water partition coefficient (Wildman–Crippen LogP) is 1.86. The van der Waals surface area contributed by atoms with Crippen LogP contribution >= 0.6 is 0 Å². The largest absolute Gasteiger partial charge is 0.388 e. The molecule has 1 atom stereocenters. The molecule has 1 aliphatic heterocycles. The number of anilines is 1. The van der Waals surface area contributed by atoms with E-state index >= 15 is 0 Å². The van der Waals surface area contributed by atoms with Crippen LogP contribution in [0.5, 0.6) is 0 Å². The second-order valence-electron chi connectivity index (χ2n) is 5.27. The molecule has 0 aromatic heterocycles. The molecule has 0 aliphatic carbocycles. The first kappa shape index (κ1) is 13.9. The molecular formula is C15H23N3O. The summed E-state index contributed by atoms with van der Waals surface area (Å²) in [6.07, 6.45) is 2.40. The van der Waals surface area contributed by atoms with E-state index in [-0.39, 0.29) is 5.91 Å². The zero-order chi connectivity index (χ0) is 13.8. The maximum atomic E-state index is 12.2. The molecule has 1 aromatic rings. The molecule has 1 unspecified atom stereocenters. The Balaban J connectivity index is 1.96. The maximum absolute atomic E-state index is 12.2. The van der Waals surface area contributed by atoms with E-state index in [2.05, 4.69) is 22.6 Å². The average molecular weight is 261 g/mol. The van der Waals surface area contributed by atoms with Gasteiger partial charge in [0, 0.05) is 30.9 Å². The predicted molar refractivity (Wildman–Crippen MR) is 78.7 cm³/mol. The average Bonchev–Trinajstić information content (AvgIpc) is 2.81. The molecule has 2 N–H and O–H groups in total. The number of likely N-dealkylation sites (tertiary alicyclic amines) is 1. The van der Waals surface area contributed by atoms with Crippen molar-refractivity contribution in [2.45, 2.75) is 25.8 Å². The molecule has 4 heteroatoms. The fourth-order valence-electron chi connectivity index (χ4n) is 2.62. The number of nitrogens with zero attached hydrogens (tertiary/aromatic N) is 1. The summed E-state index contributed by atoms with van der Waals surface area (Å²) in [5, 5.41) is 6.13. The Morgan fingerprint density at radius 1 is 1.47 bits per heavy atom. The van der Waals surface area contributed by atoms with E-state index < -0.39 is 0 Å². The number of aryl methyl sites for hydroxylation is 1. The summed E-state index contributed by atoms with van der Waals surface area (Å²) in [7, 11) is 4.00. The summed E-state index contributed by atoms with van der Waals surface area (Å²) in [5.41, 5.74) is 2.80. The van der Waals surface area contributed by atoms with Crippen LogP contribution in [0.4, 0.5) is 5.69 Å². The first-order valence-electron chi connectivity index (χ1n) is 6.88. The monoisotopic (exact) mass is 261 g/mol. The molecule has 1 aliphatic rings. The van der Waals surface area contributed by atoms with Crippen molar-refractivity contribution in [3.63, 3.8) is 0 Å². The van der Waals surface area contributed by atoms with Crippen molar-refractivity contribution in [3.05, 3.63) is 29.3 Å². The van der Waals surface area contributed by atoms with Crippen molar-refractivity contribution in [1.82, 2.24) is 10.2 Å². The van der Waals surface area contributed by atoms with Gasteiger partial charge in [-0.15, -0.1) is 0 Å². The lowest BCUT2D eigenvalue weighted by Crippen LogP contribution is -2.38. The van der Waals surface area contributed by atoms with Crippen LogP contribution in [0.1, 0.15) is 28.8 Å². The Labute approximate surface area is 115 Å². The quantitative estimate of drug-likeness (QED) is 0.869. The second kappa shape index (κ2) is 6.06. The summed E-state index contributed by atoms with van der Waals surface area (Å²) in [5.74, 6) is 0.0282. The number of hydrogen-bond donors (Lipinski definition) is 2. The highest BCUT2D eigenvalue weighted by Crippen LogP contribution is 2.16. The highest BCUT2D eigenvalue weighted by Gasteiger charge is 2.21. The van der Waals surface area contributed by atoms with Crippen LogP contribution < -0.4 is 10.6 Å². The number of amides is 1. The highest BCUT2D eigenvalue weighted by molar-refractivity contribution is 5.96. The van der Waals surface area contributed by atoms with Gasteiger partial charge in [-0.3, -0.25) is 4.79 Å². The molecule has 0 bridgehead atoms. The van der Waals surface area contributed by atoms with Gasteiger partial charge in [-0.1, -0.05) is 0 Å². The number of likely N-dealkylation sites (N-methyl/N-ethyl adjacent to an activating group) is 1. The lowest BCUT2D eigenvalue weighted by atomic mass is 10.1. The molecule has 19 heavy (non-hydrogen) atoms. The molecular weight excluding hydrogens is 238 g/mol. The van der Waals surface area contributed by atoms with E-state index in [1.807, 2.05) is 32.2 Å². The summed E-state index contributed by atoms with van der Waals surface area (Å²) < 4.78 is 0. The number of rotatable bonds is 4. The van der Waals surface area contributed by atoms with Gasteiger partial charge in [-0.05, 0) is 57.1 Å². The fraction of sp³-hybridized carbons (Fsp3) is 0.533. The van der Waals surface area contributed by atoms with E-state index in [1.165, 1.54) is 12.8 Å². The van der Waals surface area contributed by atoms with Crippen molar-refractivity contribution < 1.29 is 4.79 Å². The van der Waals surface area contributed by atoms with Crippen LogP contribution in [0.15, 0.2) is 18.2 Å². The molecule has 1 heterocycles. The van der Waals surface area contributed by atoms with Gasteiger partial charge in [0.25, 0.3) is 5.91 Å². The molecule has 1 fully saturated rings. The zero-order valence-corrected chi connectivity index (χ0v) is 12.0. The molecule has 0 radical (unpaired) electrons. The van der Waals surface area contributed by atoms with Crippen molar-refractivity contribution in [2.24, 2.45) is 0 Å². The van der Waals surface area contributed by atoms with Crippen molar-refractivity contribution in [1.29, 1.82) is 0 Å². The van der Waals surface area contributed by atoms with E-state index in [9.17, 15) is 4.79 Å². The topological polar surface area (TPSA) is 44.4 Å². The number of benzene rings is 1. The second-order valence-corrected chi connectivity index (χ2v) is 5.27. The minimum absolute atomic E-state index is 0.0282. The number of hydrogen-bond acceptors (Lipinski definition) is 3. The standard InChI is InChI=1S/C15H23N3O/c1-11-9-12(16-2)6-7-14(11)15(19)17-10-13-5-4-8-18(13)3/h6-7,9,13,16H,4-5,8,10H2,1-3H3,(H,17,19). The molecule has 104 valence electrons. The van der Waals surface area contributed by atoms with Gasteiger partial charge in [-0.2, -0.15) is 0 Å². The third kappa shape index (κ3) is 3.26. The van der Waals surface area contributed by atoms with Crippen LogP contribution in [0.3, 0.4) is 0 Å². The van der Waals surface area contributed by atoms with E-state index in [0.717, 1.165) is 29.9 Å². The van der Waals surface area contributed by atoms with Gasteiger partial charge in [0.1, 0.15) is 0 Å². The molecule has 0 saturated carbocycles. The Kier molecular flexibility index (Phi) is 4.43. The third-order valence-corrected chi connectivity index (χ3v) is 3.93. The van der Waals surface area contributed by atoms with Crippen LogP contribution in [-0.2, 0) is 0 Å². The number of nitrogens with one attached hydrogen (secondary N) is 2. The molecule has 1 aromatic carbocycles. The lowest BCUT2D eigenvalue weighted by Gasteiger charge is -2.20. The van der Waals surface area contributed by atoms with Crippen LogP contribution in [-0.4, -0.2) is 44.0 Å². The molecule has 1 amide bonds. The van der Waals surface area contributed by atoms with Crippen LogP contribution in [0.25, 0.3) is 0 Å². The SMILES string of the molecule is CNc1ccc(C(=O)NCC2CCCN2C)c(C)c1. The van der Waals surface area contributed by atoms with Gasteiger partial charge in [0.15, 0.2) is 0 Å². The summed E-state index contributed by atoms with van der Waals surface area (Å²) in [4.78, 5) is 14.5. The first-order valence-corrected chi connectivity index (χ1v) is 6.88. The van der Waals surface area contributed by atoms with Gasteiger partial charge >= 0.3 is 0 Å². The summed E-state index contributed by atoms with van der Waals surface area (Å²) >= 11 is 0. The van der Waals surface area contributed by atoms with Gasteiger partial charge in [0.05, 0.1) is 0 Å². The zero-order valence-electron chi connectivity index (χ0n) is 12.0. The molecule has 4 nitrogen and oxygen atoms in total. The maximum Gasteiger partial charge on any atom is 0.251 e. The van der Waals surface area contributed by atoms with Crippen LogP contribution in [0, 0.1) is 6.92 Å². The normalized spacial score (nSPS) is 19.4. The van der Waals surface area contributed by atoms with Gasteiger partial charge < -0.3 is 15.5 Å². The molecule has 2 rings (SSSR count). The number of carbonyl (C=O) groups is 1. The lowest BCUT2D eigenvalue weighted by molar-refractivity contribution is 0.0943. The van der Waals surface area contributed by atoms with Gasteiger partial charge in [-0.25, -0.2) is 0 Å². The highest BCUT2D eigenvalue weighted by atomic mass is 16.1. The Morgan fingerprint density at radius 2 is 2.26 bits per heavy atom. The minimum Gasteiger partial charge on any atom is -0.388 e. The van der Waals surface area contributed by atoms with Crippen molar-refractivity contribution in [2.75, 3.05) is 32.5 Å². The smallest absolute Gasteiger partial charge is 0.251 e. The summed E-state index contributed by atoms with van der Waals surface area (Å²) in [6.45, 7) is 3.84. The molecule has 1 saturated heterocycles. The third-order valence-electron chi connectivity index (χ3n) is 3.93. The van der Waals surface area contributed by atoms with E-state index in [0.29, 0.717) is 6.04 Å². The fourth-order valence-corrected chi connectivity index (χ4v) is 2.62. The van der Waals surface area contributed by atoms with Crippen LogP contribution in [0.2, 0.25) is 0 Å². The first-order chi connectivity index (χ1) is 9.11. The van der Waals surface area contributed by atoms with Crippen molar-refractivity contribution >= 4 is 11.6 Å². The Morgan fingerprint density at radius 3 is 2.84 bits per heavy atom. The Hall–Kier alpha value is -1.55. The van der Waals surface area contributed by atoms with Crippen molar-refractivity contribution in [3.8, 4) is 0 Å². The minimum atomic E-state index is 0.0282. The van der Waals surface area contributed by atoms with E-state index in [4.69, 9.17) is 0 Å². The van der Waals surface area contributed by atoms with Gasteiger partial charge in [0.2, 0.25) is 0 Å². The number of carbonyl (C=O) groups excluding carboxylic acids is 1. The Bertz CT molecular complexity index is 459. The summed E-state index contributed by atoms with van der Waals surface area (Å²) in [6, 6.07) is 6.30. The molecule has 0 spiro atoms. The van der Waals surface area contributed by atoms with E-state index in [1.54, 1.807) is 0 Å².